The smallest absolute Gasteiger partial charge is 0.227 e. The molecule has 1 heterocycles. The molecule has 0 unspecified atom stereocenters. The van der Waals surface area contributed by atoms with Crippen molar-refractivity contribution < 1.29 is 9.53 Å². The second-order valence-corrected chi connectivity index (χ2v) is 5.45. The molecule has 1 fully saturated rings. The predicted molar refractivity (Wildman–Crippen MR) is 94.4 cm³/mol. The number of carbonyl (C=O) groups is 1. The van der Waals surface area contributed by atoms with Gasteiger partial charge in [-0.25, -0.2) is 0 Å². The van der Waals surface area contributed by atoms with Crippen LogP contribution in [0.25, 0.3) is 0 Å². The summed E-state index contributed by atoms with van der Waals surface area (Å²) in [4.78, 5) is 12.2. The quantitative estimate of drug-likeness (QED) is 0.894. The first-order chi connectivity index (χ1) is 10.8. The summed E-state index contributed by atoms with van der Waals surface area (Å²) in [6, 6.07) is 17.1. The van der Waals surface area contributed by atoms with Gasteiger partial charge >= 0.3 is 0 Å². The second kappa shape index (κ2) is 8.56. The number of ether oxygens (including phenoxy) is 1. The Morgan fingerprint density at radius 1 is 0.957 bits per heavy atom. The third-order valence-electron chi connectivity index (χ3n) is 3.81. The van der Waals surface area contributed by atoms with Gasteiger partial charge in [-0.05, 0) is 62.3 Å². The van der Waals surface area contributed by atoms with Crippen molar-refractivity contribution in [2.24, 2.45) is 5.92 Å². The molecule has 0 atom stereocenters. The zero-order valence-electron chi connectivity index (χ0n) is 12.8. The van der Waals surface area contributed by atoms with Crippen molar-refractivity contribution in [3.05, 3.63) is 54.6 Å². The zero-order valence-corrected chi connectivity index (χ0v) is 13.6. The highest BCUT2D eigenvalue weighted by Gasteiger charge is 2.20. The lowest BCUT2D eigenvalue weighted by Crippen LogP contribution is -2.34. The van der Waals surface area contributed by atoms with Crippen molar-refractivity contribution in [3.63, 3.8) is 0 Å². The minimum Gasteiger partial charge on any atom is -0.457 e. The molecular weight excluding hydrogens is 312 g/mol. The number of hydrogen-bond acceptors (Lipinski definition) is 3. The summed E-state index contributed by atoms with van der Waals surface area (Å²) in [5.74, 6) is 1.78. The Hall–Kier alpha value is -2.04. The molecule has 1 aliphatic heterocycles. The van der Waals surface area contributed by atoms with Gasteiger partial charge < -0.3 is 15.4 Å². The molecule has 1 saturated heterocycles. The Labute approximate surface area is 142 Å². The highest BCUT2D eigenvalue weighted by molar-refractivity contribution is 5.92. The molecule has 5 heteroatoms. The van der Waals surface area contributed by atoms with Crippen LogP contribution in [0.1, 0.15) is 12.8 Å². The average molecular weight is 333 g/mol. The molecule has 3 rings (SSSR count). The van der Waals surface area contributed by atoms with Gasteiger partial charge in [-0.15, -0.1) is 12.4 Å². The lowest BCUT2D eigenvalue weighted by atomic mass is 9.97. The van der Waals surface area contributed by atoms with Crippen LogP contribution in [0.4, 0.5) is 5.69 Å². The minimum absolute atomic E-state index is 0. The van der Waals surface area contributed by atoms with Crippen molar-refractivity contribution in [1.29, 1.82) is 0 Å². The summed E-state index contributed by atoms with van der Waals surface area (Å²) in [6.07, 6.45) is 1.81. The zero-order chi connectivity index (χ0) is 15.2. The van der Waals surface area contributed by atoms with E-state index in [1.807, 2.05) is 54.6 Å². The highest BCUT2D eigenvalue weighted by atomic mass is 35.5. The first kappa shape index (κ1) is 17.3. The van der Waals surface area contributed by atoms with Crippen LogP contribution in [0, 0.1) is 5.92 Å². The van der Waals surface area contributed by atoms with Gasteiger partial charge in [-0.2, -0.15) is 0 Å². The lowest BCUT2D eigenvalue weighted by molar-refractivity contribution is -0.120. The number of piperidine rings is 1. The normalized spacial score (nSPS) is 14.6. The Bertz CT molecular complexity index is 611. The van der Waals surface area contributed by atoms with E-state index in [-0.39, 0.29) is 24.2 Å². The minimum atomic E-state index is 0. The Balaban J connectivity index is 0.00000192. The third-order valence-corrected chi connectivity index (χ3v) is 3.81. The Morgan fingerprint density at radius 3 is 2.22 bits per heavy atom. The molecule has 0 saturated carbocycles. The number of benzene rings is 2. The second-order valence-electron chi connectivity index (χ2n) is 5.45. The monoisotopic (exact) mass is 332 g/mol. The third kappa shape index (κ3) is 4.98. The molecule has 0 spiro atoms. The molecule has 2 aromatic carbocycles. The van der Waals surface area contributed by atoms with Crippen LogP contribution in [-0.4, -0.2) is 19.0 Å². The van der Waals surface area contributed by atoms with E-state index in [1.165, 1.54) is 0 Å². The number of hydrogen-bond donors (Lipinski definition) is 2. The SMILES string of the molecule is Cl.O=C(Nc1ccc(Oc2ccccc2)cc1)C1CCNCC1. The van der Waals surface area contributed by atoms with Crippen molar-refractivity contribution in [3.8, 4) is 11.5 Å². The van der Waals surface area contributed by atoms with Gasteiger partial charge in [-0.1, -0.05) is 18.2 Å². The van der Waals surface area contributed by atoms with Crippen molar-refractivity contribution in [2.45, 2.75) is 12.8 Å². The van der Waals surface area contributed by atoms with Gasteiger partial charge in [0.05, 0.1) is 0 Å². The van der Waals surface area contributed by atoms with E-state index >= 15 is 0 Å². The molecule has 0 bridgehead atoms. The van der Waals surface area contributed by atoms with Crippen LogP contribution in [-0.2, 0) is 4.79 Å². The molecular formula is C18H21ClN2O2. The maximum Gasteiger partial charge on any atom is 0.227 e. The van der Waals surface area contributed by atoms with Gasteiger partial charge in [0.1, 0.15) is 11.5 Å². The van der Waals surface area contributed by atoms with Crippen molar-refractivity contribution in [1.82, 2.24) is 5.32 Å². The van der Waals surface area contributed by atoms with Gasteiger partial charge in [-0.3, -0.25) is 4.79 Å². The van der Waals surface area contributed by atoms with Crippen LogP contribution in [0.2, 0.25) is 0 Å². The number of amides is 1. The van der Waals surface area contributed by atoms with E-state index in [2.05, 4.69) is 10.6 Å². The van der Waals surface area contributed by atoms with Crippen molar-refractivity contribution >= 4 is 24.0 Å². The molecule has 4 nitrogen and oxygen atoms in total. The van der Waals surface area contributed by atoms with Crippen LogP contribution >= 0.6 is 12.4 Å². The summed E-state index contributed by atoms with van der Waals surface area (Å²) in [6.45, 7) is 1.84. The number of carbonyl (C=O) groups excluding carboxylic acids is 1. The maximum absolute atomic E-state index is 12.2. The fraction of sp³-hybridized carbons (Fsp3) is 0.278. The summed E-state index contributed by atoms with van der Waals surface area (Å²) >= 11 is 0. The summed E-state index contributed by atoms with van der Waals surface area (Å²) in [5, 5.41) is 6.25. The number of rotatable bonds is 4. The Morgan fingerprint density at radius 2 is 1.57 bits per heavy atom. The number of para-hydroxylation sites is 1. The fourth-order valence-electron chi connectivity index (χ4n) is 2.56. The number of anilines is 1. The van der Waals surface area contributed by atoms with Gasteiger partial charge in [0.2, 0.25) is 5.91 Å². The largest absolute Gasteiger partial charge is 0.457 e. The molecule has 2 aromatic rings. The molecule has 0 aliphatic carbocycles. The molecule has 0 radical (unpaired) electrons. The van der Waals surface area contributed by atoms with E-state index in [0.29, 0.717) is 0 Å². The Kier molecular flexibility index (Phi) is 6.44. The summed E-state index contributed by atoms with van der Waals surface area (Å²) < 4.78 is 5.73. The van der Waals surface area contributed by atoms with Crippen LogP contribution in [0.15, 0.2) is 54.6 Å². The topological polar surface area (TPSA) is 50.4 Å². The molecule has 2 N–H and O–H groups in total. The van der Waals surface area contributed by atoms with Gasteiger partial charge in [0.25, 0.3) is 0 Å². The van der Waals surface area contributed by atoms with E-state index in [9.17, 15) is 4.79 Å². The average Bonchev–Trinajstić information content (AvgIpc) is 2.58. The van der Waals surface area contributed by atoms with Crippen LogP contribution in [0.3, 0.4) is 0 Å². The maximum atomic E-state index is 12.2. The van der Waals surface area contributed by atoms with Crippen LogP contribution in [0.5, 0.6) is 11.5 Å². The lowest BCUT2D eigenvalue weighted by Gasteiger charge is -2.21. The first-order valence-electron chi connectivity index (χ1n) is 7.66. The predicted octanol–water partition coefficient (Wildman–Crippen LogP) is 3.84. The van der Waals surface area contributed by atoms with E-state index in [1.54, 1.807) is 0 Å². The molecule has 1 amide bonds. The number of halogens is 1. The van der Waals surface area contributed by atoms with Gasteiger partial charge in [0, 0.05) is 11.6 Å². The summed E-state index contributed by atoms with van der Waals surface area (Å²) in [5.41, 5.74) is 0.809. The molecule has 122 valence electrons. The standard InChI is InChI=1S/C18H20N2O2.ClH/c21-18(14-10-12-19-13-11-14)20-15-6-8-17(9-7-15)22-16-4-2-1-3-5-16;/h1-9,14,19H,10-13H2,(H,20,21);1H. The highest BCUT2D eigenvalue weighted by Crippen LogP contribution is 2.23. The van der Waals surface area contributed by atoms with E-state index in [0.717, 1.165) is 43.1 Å². The molecule has 0 aromatic heterocycles. The van der Waals surface area contributed by atoms with Crippen molar-refractivity contribution in [2.75, 3.05) is 18.4 Å². The molecule has 23 heavy (non-hydrogen) atoms. The summed E-state index contributed by atoms with van der Waals surface area (Å²) in [7, 11) is 0. The number of nitrogens with one attached hydrogen (secondary N) is 2. The van der Waals surface area contributed by atoms with E-state index in [4.69, 9.17) is 4.74 Å². The molecule has 1 aliphatic rings. The van der Waals surface area contributed by atoms with E-state index < -0.39 is 0 Å². The van der Waals surface area contributed by atoms with Gasteiger partial charge in [0.15, 0.2) is 0 Å². The van der Waals surface area contributed by atoms with Crippen LogP contribution < -0.4 is 15.4 Å². The first-order valence-corrected chi connectivity index (χ1v) is 7.66. The fourth-order valence-corrected chi connectivity index (χ4v) is 2.56.